The Kier molecular flexibility index (Phi) is 5.99. The minimum absolute atomic E-state index is 0.289. The molecular weight excluding hydrogens is 276 g/mol. The highest BCUT2D eigenvalue weighted by molar-refractivity contribution is 8.28. The summed E-state index contributed by atoms with van der Waals surface area (Å²) < 4.78 is 4.56. The van der Waals surface area contributed by atoms with E-state index >= 15 is 0 Å². The number of ether oxygens (including phenoxy) is 1. The second-order valence-corrected chi connectivity index (χ2v) is 5.41. The van der Waals surface area contributed by atoms with Crippen LogP contribution in [0, 0.1) is 0 Å². The first-order valence-corrected chi connectivity index (χ1v) is 6.98. The number of rotatable bonds is 3. The molecule has 1 rings (SSSR count). The fourth-order valence-corrected chi connectivity index (χ4v) is 2.48. The fourth-order valence-electron chi connectivity index (χ4n) is 0.898. The van der Waals surface area contributed by atoms with Crippen LogP contribution < -0.4 is 0 Å². The number of hydrogen-bond acceptors (Lipinski definition) is 6. The van der Waals surface area contributed by atoms with E-state index in [9.17, 15) is 9.59 Å². The largest absolute Gasteiger partial charge is 0.448 e. The molecule has 1 aliphatic rings. The van der Waals surface area contributed by atoms with E-state index in [0.717, 1.165) is 0 Å². The summed E-state index contributed by atoms with van der Waals surface area (Å²) in [7, 11) is 3.23. The number of hydrazone groups is 1. The third kappa shape index (κ3) is 4.22. The molecule has 1 aliphatic heterocycles. The average Bonchev–Trinajstić information content (AvgIpc) is 2.77. The number of carbonyl (C=O) groups is 2. The smallest absolute Gasteiger partial charge is 0.432 e. The summed E-state index contributed by atoms with van der Waals surface area (Å²) >= 11 is 2.56. The molecule has 7 nitrogen and oxygen atoms in total. The van der Waals surface area contributed by atoms with Crippen molar-refractivity contribution in [3.05, 3.63) is 0 Å². The molecule has 100 valence electrons. The molecule has 0 spiro atoms. The summed E-state index contributed by atoms with van der Waals surface area (Å²) in [6.07, 6.45) is -0.511. The Morgan fingerprint density at radius 1 is 1.67 bits per heavy atom. The predicted octanol–water partition coefficient (Wildman–Crippen LogP) is 1.86. The molecule has 1 atom stereocenters. The van der Waals surface area contributed by atoms with Crippen LogP contribution in [0.3, 0.4) is 0 Å². The zero-order valence-corrected chi connectivity index (χ0v) is 11.9. The summed E-state index contributed by atoms with van der Waals surface area (Å²) in [6.45, 7) is 2.02. The zero-order chi connectivity index (χ0) is 13.5. The van der Waals surface area contributed by atoms with Gasteiger partial charge in [0, 0.05) is 14.1 Å². The van der Waals surface area contributed by atoms with Gasteiger partial charge in [0.05, 0.1) is 17.7 Å². The van der Waals surface area contributed by atoms with Crippen molar-refractivity contribution in [3.63, 3.8) is 0 Å². The van der Waals surface area contributed by atoms with Crippen molar-refractivity contribution < 1.29 is 14.3 Å². The van der Waals surface area contributed by atoms with Gasteiger partial charge in [0.25, 0.3) is 0 Å². The van der Waals surface area contributed by atoms with Gasteiger partial charge < -0.3 is 9.64 Å². The normalized spacial score (nSPS) is 18.4. The Morgan fingerprint density at radius 2 is 2.39 bits per heavy atom. The first-order valence-electron chi connectivity index (χ1n) is 5.09. The Labute approximate surface area is 114 Å². The summed E-state index contributed by atoms with van der Waals surface area (Å²) in [5.74, 6) is 0. The standard InChI is InChI=1S/C9H14N4O3S2/c1-4-16-8(15)13-9(18-6-11-13)17-5-10-7(14)12(2)3/h5-6,9H,4H2,1-3H3. The summed E-state index contributed by atoms with van der Waals surface area (Å²) in [5, 5.41) is 5.10. The van der Waals surface area contributed by atoms with E-state index in [0.29, 0.717) is 6.61 Å². The molecule has 0 radical (unpaired) electrons. The average molecular weight is 290 g/mol. The molecule has 9 heteroatoms. The molecule has 0 aromatic rings. The highest BCUT2D eigenvalue weighted by Crippen LogP contribution is 2.30. The van der Waals surface area contributed by atoms with E-state index in [1.165, 1.54) is 39.0 Å². The van der Waals surface area contributed by atoms with E-state index in [1.807, 2.05) is 0 Å². The number of urea groups is 1. The Balaban J connectivity index is 2.47. The van der Waals surface area contributed by atoms with Crippen LogP contribution in [0.25, 0.3) is 0 Å². The summed E-state index contributed by atoms with van der Waals surface area (Å²) in [4.78, 5) is 27.8. The maximum absolute atomic E-state index is 11.5. The molecule has 1 unspecified atom stereocenters. The molecule has 0 aromatic carbocycles. The monoisotopic (exact) mass is 290 g/mol. The van der Waals surface area contributed by atoms with Crippen molar-refractivity contribution in [3.8, 4) is 0 Å². The van der Waals surface area contributed by atoms with Crippen molar-refractivity contribution in [2.45, 2.75) is 11.6 Å². The number of thioether (sulfide) groups is 2. The quantitative estimate of drug-likeness (QED) is 0.586. The fraction of sp³-hybridized carbons (Fsp3) is 0.556. The van der Waals surface area contributed by atoms with Gasteiger partial charge in [-0.2, -0.15) is 15.1 Å². The maximum Gasteiger partial charge on any atom is 0.432 e. The van der Waals surface area contributed by atoms with Crippen LogP contribution in [0.5, 0.6) is 0 Å². The van der Waals surface area contributed by atoms with Gasteiger partial charge in [-0.15, -0.1) is 0 Å². The molecule has 0 bridgehead atoms. The van der Waals surface area contributed by atoms with Crippen LogP contribution in [-0.2, 0) is 4.74 Å². The molecule has 18 heavy (non-hydrogen) atoms. The molecule has 1 heterocycles. The number of aliphatic imine (C=N–C) groups is 1. The van der Waals surface area contributed by atoms with E-state index in [-0.39, 0.29) is 10.7 Å². The zero-order valence-electron chi connectivity index (χ0n) is 10.3. The second-order valence-electron chi connectivity index (χ2n) is 3.26. The Hall–Kier alpha value is -1.22. The number of carbonyl (C=O) groups excluding carboxylic acids is 2. The lowest BCUT2D eigenvalue weighted by Crippen LogP contribution is -2.29. The van der Waals surface area contributed by atoms with E-state index in [2.05, 4.69) is 10.1 Å². The van der Waals surface area contributed by atoms with Crippen molar-refractivity contribution in [2.24, 2.45) is 10.1 Å². The lowest BCUT2D eigenvalue weighted by Gasteiger charge is -2.17. The first-order chi connectivity index (χ1) is 8.56. The van der Waals surface area contributed by atoms with Crippen LogP contribution in [0.15, 0.2) is 10.1 Å². The van der Waals surface area contributed by atoms with Crippen LogP contribution in [0.1, 0.15) is 6.92 Å². The van der Waals surface area contributed by atoms with Gasteiger partial charge in [-0.25, -0.2) is 9.59 Å². The SMILES string of the molecule is CCOC(=O)N1N=CSC1SC=NC(=O)N(C)C. The van der Waals surface area contributed by atoms with E-state index < -0.39 is 6.09 Å². The molecular formula is C9H14N4O3S2. The molecule has 0 N–H and O–H groups in total. The second kappa shape index (κ2) is 7.27. The summed E-state index contributed by atoms with van der Waals surface area (Å²) in [5.41, 5.74) is 2.96. The molecule has 0 fully saturated rings. The predicted molar refractivity (Wildman–Crippen MR) is 73.9 cm³/mol. The highest BCUT2D eigenvalue weighted by Gasteiger charge is 2.28. The van der Waals surface area contributed by atoms with Crippen LogP contribution in [-0.4, -0.2) is 58.5 Å². The number of nitrogens with zero attached hydrogens (tertiary/aromatic N) is 4. The van der Waals surface area contributed by atoms with Gasteiger partial charge in [0.1, 0.15) is 0 Å². The molecule has 3 amide bonds. The minimum atomic E-state index is -0.511. The first kappa shape index (κ1) is 14.8. The van der Waals surface area contributed by atoms with E-state index in [4.69, 9.17) is 4.74 Å². The number of hydrogen-bond donors (Lipinski definition) is 0. The highest BCUT2D eigenvalue weighted by atomic mass is 32.2. The van der Waals surface area contributed by atoms with Gasteiger partial charge in [0.15, 0.2) is 4.71 Å². The molecule has 0 saturated heterocycles. The summed E-state index contributed by atoms with van der Waals surface area (Å²) in [6, 6.07) is -0.353. The minimum Gasteiger partial charge on any atom is -0.448 e. The van der Waals surface area contributed by atoms with Crippen LogP contribution >= 0.6 is 23.5 Å². The lowest BCUT2D eigenvalue weighted by molar-refractivity contribution is 0.114. The molecule has 0 saturated carbocycles. The third-order valence-electron chi connectivity index (χ3n) is 1.73. The Morgan fingerprint density at radius 3 is 3.00 bits per heavy atom. The molecule has 0 aromatic heterocycles. The van der Waals surface area contributed by atoms with Gasteiger partial charge in [-0.1, -0.05) is 23.5 Å². The van der Waals surface area contributed by atoms with Crippen molar-refractivity contribution >= 4 is 46.7 Å². The lowest BCUT2D eigenvalue weighted by atomic mass is 10.8. The van der Waals surface area contributed by atoms with Gasteiger partial charge in [-0.3, -0.25) is 0 Å². The van der Waals surface area contributed by atoms with E-state index in [1.54, 1.807) is 26.6 Å². The van der Waals surface area contributed by atoms with Gasteiger partial charge in [-0.05, 0) is 6.92 Å². The molecule has 0 aliphatic carbocycles. The topological polar surface area (TPSA) is 74.6 Å². The van der Waals surface area contributed by atoms with Crippen LogP contribution in [0.4, 0.5) is 9.59 Å². The van der Waals surface area contributed by atoms with Crippen LogP contribution in [0.2, 0.25) is 0 Å². The van der Waals surface area contributed by atoms with Crippen molar-refractivity contribution in [1.82, 2.24) is 9.91 Å². The van der Waals surface area contributed by atoms with Crippen molar-refractivity contribution in [2.75, 3.05) is 20.7 Å². The number of amides is 3. The third-order valence-corrected chi connectivity index (χ3v) is 3.70. The van der Waals surface area contributed by atoms with Crippen molar-refractivity contribution in [1.29, 1.82) is 0 Å². The Bertz CT molecular complexity index is 373. The maximum atomic E-state index is 11.5. The van der Waals surface area contributed by atoms with Gasteiger partial charge >= 0.3 is 12.1 Å². The van der Waals surface area contributed by atoms with Gasteiger partial charge in [0.2, 0.25) is 0 Å².